The molecular formula is C14H13BrS2. The Bertz CT molecular complexity index is 531. The van der Waals surface area contributed by atoms with Gasteiger partial charge in [0.2, 0.25) is 0 Å². The molecule has 0 unspecified atom stereocenters. The molecule has 17 heavy (non-hydrogen) atoms. The number of benzene rings is 1. The van der Waals surface area contributed by atoms with Gasteiger partial charge in [0, 0.05) is 20.0 Å². The van der Waals surface area contributed by atoms with Gasteiger partial charge in [0.05, 0.1) is 0 Å². The Morgan fingerprint density at radius 3 is 2.88 bits per heavy atom. The molecule has 0 atom stereocenters. The van der Waals surface area contributed by atoms with E-state index in [4.69, 9.17) is 0 Å². The minimum absolute atomic E-state index is 1.07. The first kappa shape index (κ1) is 11.8. The molecule has 2 aromatic rings. The molecule has 1 aromatic heterocycles. The van der Waals surface area contributed by atoms with E-state index in [1.54, 1.807) is 11.1 Å². The summed E-state index contributed by atoms with van der Waals surface area (Å²) in [5.41, 5.74) is 3.13. The molecule has 0 N–H and O–H groups in total. The summed E-state index contributed by atoms with van der Waals surface area (Å²) in [5, 5.41) is 2.14. The molecule has 3 heteroatoms. The summed E-state index contributed by atoms with van der Waals surface area (Å²) >= 11 is 7.35. The Morgan fingerprint density at radius 1 is 1.18 bits per heavy atom. The van der Waals surface area contributed by atoms with Crippen LogP contribution in [0.1, 0.15) is 22.4 Å². The van der Waals surface area contributed by atoms with Crippen molar-refractivity contribution in [2.45, 2.75) is 29.9 Å². The molecule has 1 aliphatic rings. The van der Waals surface area contributed by atoms with Crippen molar-refractivity contribution in [3.05, 3.63) is 50.1 Å². The van der Waals surface area contributed by atoms with Gasteiger partial charge in [-0.05, 0) is 69.9 Å². The molecule has 0 bridgehead atoms. The Balaban J connectivity index is 1.72. The van der Waals surface area contributed by atoms with Crippen LogP contribution in [0.15, 0.2) is 39.0 Å². The smallest absolute Gasteiger partial charge is 0.0337 e. The highest BCUT2D eigenvalue weighted by molar-refractivity contribution is 9.10. The molecule has 88 valence electrons. The lowest BCUT2D eigenvalue weighted by Gasteiger charge is -2.04. The van der Waals surface area contributed by atoms with Gasteiger partial charge in [-0.2, -0.15) is 0 Å². The lowest BCUT2D eigenvalue weighted by atomic mass is 10.1. The molecule has 1 heterocycles. The van der Waals surface area contributed by atoms with Crippen LogP contribution < -0.4 is 0 Å². The predicted octanol–water partition coefficient (Wildman–Crippen LogP) is 5.29. The second kappa shape index (κ2) is 5.17. The fraction of sp³-hybridized carbons (Fsp3) is 0.286. The van der Waals surface area contributed by atoms with E-state index in [-0.39, 0.29) is 0 Å². The average Bonchev–Trinajstić information content (AvgIpc) is 2.94. The van der Waals surface area contributed by atoms with Crippen LogP contribution in [0.25, 0.3) is 0 Å². The highest BCUT2D eigenvalue weighted by Crippen LogP contribution is 2.32. The number of thiophene rings is 1. The number of thioether (sulfide) groups is 1. The van der Waals surface area contributed by atoms with Crippen LogP contribution in [0, 0.1) is 0 Å². The molecule has 0 aliphatic heterocycles. The quantitative estimate of drug-likeness (QED) is 0.691. The zero-order valence-electron chi connectivity index (χ0n) is 9.41. The fourth-order valence-electron chi connectivity index (χ4n) is 2.21. The van der Waals surface area contributed by atoms with Gasteiger partial charge in [-0.1, -0.05) is 6.07 Å². The standard InChI is InChI=1S/C14H13BrS2/c15-13-6-7-16-14(13)9-17-12-5-4-10-2-1-3-11(10)8-12/h4-8H,1-3,9H2. The Labute approximate surface area is 119 Å². The monoisotopic (exact) mass is 324 g/mol. The maximum Gasteiger partial charge on any atom is 0.0337 e. The fourth-order valence-corrected chi connectivity index (χ4v) is 4.97. The van der Waals surface area contributed by atoms with Gasteiger partial charge in [-0.3, -0.25) is 0 Å². The number of hydrogen-bond acceptors (Lipinski definition) is 2. The van der Waals surface area contributed by atoms with E-state index in [0.29, 0.717) is 0 Å². The summed E-state index contributed by atoms with van der Waals surface area (Å²) in [7, 11) is 0. The molecule has 0 fully saturated rings. The highest BCUT2D eigenvalue weighted by atomic mass is 79.9. The number of rotatable bonds is 3. The van der Waals surface area contributed by atoms with Crippen molar-refractivity contribution in [1.82, 2.24) is 0 Å². The zero-order chi connectivity index (χ0) is 11.7. The Morgan fingerprint density at radius 2 is 2.06 bits per heavy atom. The van der Waals surface area contributed by atoms with Crippen LogP contribution in [0.5, 0.6) is 0 Å². The summed E-state index contributed by atoms with van der Waals surface area (Å²) in [4.78, 5) is 2.83. The van der Waals surface area contributed by atoms with Crippen LogP contribution in [0.2, 0.25) is 0 Å². The van der Waals surface area contributed by atoms with E-state index in [1.807, 2.05) is 23.1 Å². The zero-order valence-corrected chi connectivity index (χ0v) is 12.6. The van der Waals surface area contributed by atoms with E-state index in [0.717, 1.165) is 5.75 Å². The van der Waals surface area contributed by atoms with Crippen LogP contribution >= 0.6 is 39.0 Å². The lowest BCUT2D eigenvalue weighted by Crippen LogP contribution is -1.83. The van der Waals surface area contributed by atoms with Crippen molar-refractivity contribution in [3.8, 4) is 0 Å². The first-order valence-electron chi connectivity index (χ1n) is 5.79. The second-order valence-electron chi connectivity index (χ2n) is 4.26. The van der Waals surface area contributed by atoms with Crippen LogP contribution in [-0.4, -0.2) is 0 Å². The average molecular weight is 325 g/mol. The number of halogens is 1. The van der Waals surface area contributed by atoms with E-state index < -0.39 is 0 Å². The van der Waals surface area contributed by atoms with Gasteiger partial charge in [0.15, 0.2) is 0 Å². The Kier molecular flexibility index (Phi) is 3.59. The minimum Gasteiger partial charge on any atom is -0.147 e. The third-order valence-corrected chi connectivity index (χ3v) is 6.26. The molecule has 1 aromatic carbocycles. The van der Waals surface area contributed by atoms with Crippen molar-refractivity contribution in [1.29, 1.82) is 0 Å². The van der Waals surface area contributed by atoms with Crippen molar-refractivity contribution < 1.29 is 0 Å². The van der Waals surface area contributed by atoms with Crippen LogP contribution in [0.4, 0.5) is 0 Å². The van der Waals surface area contributed by atoms with E-state index in [1.165, 1.54) is 33.5 Å². The summed E-state index contributed by atoms with van der Waals surface area (Å²) in [6.45, 7) is 0. The summed E-state index contributed by atoms with van der Waals surface area (Å²) < 4.78 is 1.25. The lowest BCUT2D eigenvalue weighted by molar-refractivity contribution is 0.911. The molecule has 0 saturated heterocycles. The molecule has 0 spiro atoms. The third kappa shape index (κ3) is 2.61. The van der Waals surface area contributed by atoms with E-state index in [2.05, 4.69) is 45.6 Å². The normalized spacial score (nSPS) is 13.9. The van der Waals surface area contributed by atoms with Gasteiger partial charge >= 0.3 is 0 Å². The SMILES string of the molecule is Brc1ccsc1CSc1ccc2c(c1)CCC2. The number of hydrogen-bond donors (Lipinski definition) is 0. The van der Waals surface area contributed by atoms with Crippen molar-refractivity contribution in [2.24, 2.45) is 0 Å². The molecule has 0 amide bonds. The first-order chi connectivity index (χ1) is 8.33. The van der Waals surface area contributed by atoms with Gasteiger partial charge < -0.3 is 0 Å². The van der Waals surface area contributed by atoms with Crippen molar-refractivity contribution >= 4 is 39.0 Å². The summed E-state index contributed by atoms with van der Waals surface area (Å²) in [6, 6.07) is 9.10. The molecular weight excluding hydrogens is 312 g/mol. The summed E-state index contributed by atoms with van der Waals surface area (Å²) in [5.74, 6) is 1.07. The minimum atomic E-state index is 1.07. The van der Waals surface area contributed by atoms with Gasteiger partial charge in [-0.15, -0.1) is 23.1 Å². The van der Waals surface area contributed by atoms with E-state index in [9.17, 15) is 0 Å². The molecule has 0 nitrogen and oxygen atoms in total. The van der Waals surface area contributed by atoms with Gasteiger partial charge in [0.25, 0.3) is 0 Å². The van der Waals surface area contributed by atoms with Crippen molar-refractivity contribution in [2.75, 3.05) is 0 Å². The molecule has 0 saturated carbocycles. The topological polar surface area (TPSA) is 0 Å². The maximum atomic E-state index is 3.59. The Hall–Kier alpha value is -0.250. The highest BCUT2D eigenvalue weighted by Gasteiger charge is 2.11. The van der Waals surface area contributed by atoms with Crippen molar-refractivity contribution in [3.63, 3.8) is 0 Å². The van der Waals surface area contributed by atoms with Crippen LogP contribution in [-0.2, 0) is 18.6 Å². The third-order valence-electron chi connectivity index (χ3n) is 3.13. The number of fused-ring (bicyclic) bond motifs is 1. The summed E-state index contributed by atoms with van der Waals surface area (Å²) in [6.07, 6.45) is 3.88. The first-order valence-corrected chi connectivity index (χ1v) is 8.45. The molecule has 0 radical (unpaired) electrons. The van der Waals surface area contributed by atoms with E-state index >= 15 is 0 Å². The molecule has 3 rings (SSSR count). The van der Waals surface area contributed by atoms with Gasteiger partial charge in [-0.25, -0.2) is 0 Å². The predicted molar refractivity (Wildman–Crippen MR) is 80.0 cm³/mol. The second-order valence-corrected chi connectivity index (χ2v) is 7.17. The maximum absolute atomic E-state index is 3.59. The number of aryl methyl sites for hydroxylation is 2. The molecule has 1 aliphatic carbocycles. The van der Waals surface area contributed by atoms with Gasteiger partial charge in [0.1, 0.15) is 0 Å². The largest absolute Gasteiger partial charge is 0.147 e. The van der Waals surface area contributed by atoms with Crippen LogP contribution in [0.3, 0.4) is 0 Å².